The first-order valence-electron chi connectivity index (χ1n) is 4.93. The third-order valence-corrected chi connectivity index (χ3v) is 2.51. The summed E-state index contributed by atoms with van der Waals surface area (Å²) >= 11 is 0. The van der Waals surface area contributed by atoms with E-state index < -0.39 is 0 Å². The maximum Gasteiger partial charge on any atom is 0.200 e. The van der Waals surface area contributed by atoms with Crippen LogP contribution in [0.15, 0.2) is 30.9 Å². The number of nitrogen functional groups attached to an aromatic ring is 1. The second-order valence-electron chi connectivity index (χ2n) is 3.53. The molecule has 4 heteroatoms. The fraction of sp³-hybridized carbons (Fsp3) is 0.273. The van der Waals surface area contributed by atoms with E-state index in [0.717, 1.165) is 13.0 Å². The van der Waals surface area contributed by atoms with Crippen LogP contribution in [0, 0.1) is 6.92 Å². The molecule has 0 fully saturated rings. The van der Waals surface area contributed by atoms with Gasteiger partial charge in [0.1, 0.15) is 0 Å². The van der Waals surface area contributed by atoms with Crippen LogP contribution in [0.25, 0.3) is 0 Å². The van der Waals surface area contributed by atoms with E-state index in [0.29, 0.717) is 5.95 Å². The van der Waals surface area contributed by atoms with E-state index in [-0.39, 0.29) is 0 Å². The minimum atomic E-state index is 0.571. The van der Waals surface area contributed by atoms with Crippen LogP contribution >= 0.6 is 0 Å². The van der Waals surface area contributed by atoms with Gasteiger partial charge in [0.2, 0.25) is 0 Å². The molecule has 2 aromatic heterocycles. The molecule has 0 radical (unpaired) electrons. The first-order valence-corrected chi connectivity index (χ1v) is 4.93. The predicted molar refractivity (Wildman–Crippen MR) is 59.3 cm³/mol. The van der Waals surface area contributed by atoms with Gasteiger partial charge < -0.3 is 10.3 Å². The molecule has 0 atom stereocenters. The Morgan fingerprint density at radius 3 is 2.93 bits per heavy atom. The molecular formula is C11H14N4. The Hall–Kier alpha value is -1.84. The molecule has 0 bridgehead atoms. The second-order valence-corrected chi connectivity index (χ2v) is 3.53. The van der Waals surface area contributed by atoms with Crippen molar-refractivity contribution in [1.29, 1.82) is 0 Å². The number of nitrogens with two attached hydrogens (primary N) is 1. The lowest BCUT2D eigenvalue weighted by molar-refractivity contribution is 0.703. The van der Waals surface area contributed by atoms with Gasteiger partial charge in [-0.05, 0) is 30.5 Å². The summed E-state index contributed by atoms with van der Waals surface area (Å²) in [5.41, 5.74) is 8.20. The van der Waals surface area contributed by atoms with Crippen LogP contribution < -0.4 is 5.73 Å². The van der Waals surface area contributed by atoms with Crippen molar-refractivity contribution < 1.29 is 0 Å². The molecule has 0 aliphatic carbocycles. The molecule has 0 saturated heterocycles. The summed E-state index contributed by atoms with van der Waals surface area (Å²) in [6.07, 6.45) is 8.27. The highest BCUT2D eigenvalue weighted by molar-refractivity contribution is 5.22. The Kier molecular flexibility index (Phi) is 2.67. The second kappa shape index (κ2) is 4.13. The predicted octanol–water partition coefficient (Wildman–Crippen LogP) is 1.41. The molecule has 2 heterocycles. The van der Waals surface area contributed by atoms with Crippen molar-refractivity contribution in [2.45, 2.75) is 19.9 Å². The minimum Gasteiger partial charge on any atom is -0.369 e. The van der Waals surface area contributed by atoms with Gasteiger partial charge in [-0.15, -0.1) is 0 Å². The zero-order valence-corrected chi connectivity index (χ0v) is 8.72. The molecule has 0 aliphatic rings. The molecule has 15 heavy (non-hydrogen) atoms. The first-order chi connectivity index (χ1) is 7.27. The summed E-state index contributed by atoms with van der Waals surface area (Å²) in [6, 6.07) is 2.04. The molecule has 2 rings (SSSR count). The van der Waals surface area contributed by atoms with E-state index in [9.17, 15) is 0 Å². The lowest BCUT2D eigenvalue weighted by Crippen LogP contribution is -2.05. The highest BCUT2D eigenvalue weighted by Gasteiger charge is 2.00. The molecule has 0 aromatic carbocycles. The number of nitrogens with zero attached hydrogens (tertiary/aromatic N) is 3. The normalized spacial score (nSPS) is 10.5. The number of aromatic nitrogens is 3. The molecule has 2 aromatic rings. The third kappa shape index (κ3) is 2.15. The number of imidazole rings is 1. The van der Waals surface area contributed by atoms with Crippen LogP contribution in [-0.4, -0.2) is 14.5 Å². The lowest BCUT2D eigenvalue weighted by atomic mass is 10.1. The van der Waals surface area contributed by atoms with Gasteiger partial charge in [0.25, 0.3) is 0 Å². The minimum absolute atomic E-state index is 0.571. The monoisotopic (exact) mass is 202 g/mol. The maximum atomic E-state index is 5.68. The molecule has 2 N–H and O–H groups in total. The Morgan fingerprint density at radius 1 is 1.40 bits per heavy atom. The smallest absolute Gasteiger partial charge is 0.200 e. The van der Waals surface area contributed by atoms with Gasteiger partial charge in [-0.25, -0.2) is 4.98 Å². The summed E-state index contributed by atoms with van der Waals surface area (Å²) in [5.74, 6) is 0.571. The Labute approximate surface area is 88.8 Å². The average Bonchev–Trinajstić information content (AvgIpc) is 2.63. The molecule has 0 spiro atoms. The standard InChI is InChI=1S/C11H14N4/c1-9-8-13-4-2-10(9)3-6-15-7-5-14-11(15)12/h2,4-5,7-8H,3,6H2,1H3,(H2,12,14). The highest BCUT2D eigenvalue weighted by Crippen LogP contribution is 2.08. The van der Waals surface area contributed by atoms with Crippen LogP contribution in [0.3, 0.4) is 0 Å². The van der Waals surface area contributed by atoms with Crippen LogP contribution in [0.2, 0.25) is 0 Å². The molecule has 78 valence electrons. The van der Waals surface area contributed by atoms with Gasteiger partial charge in [0.15, 0.2) is 5.95 Å². The zero-order chi connectivity index (χ0) is 10.7. The number of anilines is 1. The van der Waals surface area contributed by atoms with Crippen molar-refractivity contribution in [1.82, 2.24) is 14.5 Å². The lowest BCUT2D eigenvalue weighted by Gasteiger charge is -2.06. The van der Waals surface area contributed by atoms with E-state index >= 15 is 0 Å². The van der Waals surface area contributed by atoms with Gasteiger partial charge in [-0.3, -0.25) is 4.98 Å². The molecule has 0 aliphatic heterocycles. The number of rotatable bonds is 3. The quantitative estimate of drug-likeness (QED) is 0.818. The zero-order valence-electron chi connectivity index (χ0n) is 8.72. The van der Waals surface area contributed by atoms with Crippen molar-refractivity contribution in [2.75, 3.05) is 5.73 Å². The summed E-state index contributed by atoms with van der Waals surface area (Å²) < 4.78 is 1.94. The van der Waals surface area contributed by atoms with Crippen molar-refractivity contribution in [2.24, 2.45) is 0 Å². The summed E-state index contributed by atoms with van der Waals surface area (Å²) in [4.78, 5) is 8.04. The molecule has 4 nitrogen and oxygen atoms in total. The van der Waals surface area contributed by atoms with Crippen LogP contribution in [0.4, 0.5) is 5.95 Å². The maximum absolute atomic E-state index is 5.68. The van der Waals surface area contributed by atoms with Crippen LogP contribution in [0.1, 0.15) is 11.1 Å². The average molecular weight is 202 g/mol. The van der Waals surface area contributed by atoms with E-state index in [4.69, 9.17) is 5.73 Å². The SMILES string of the molecule is Cc1cnccc1CCn1ccnc1N. The van der Waals surface area contributed by atoms with Crippen molar-refractivity contribution >= 4 is 5.95 Å². The van der Waals surface area contributed by atoms with Crippen LogP contribution in [0.5, 0.6) is 0 Å². The van der Waals surface area contributed by atoms with Gasteiger partial charge in [0, 0.05) is 31.3 Å². The van der Waals surface area contributed by atoms with E-state index in [1.807, 2.05) is 29.2 Å². The summed E-state index contributed by atoms with van der Waals surface area (Å²) in [6.45, 7) is 2.93. The van der Waals surface area contributed by atoms with E-state index in [1.54, 1.807) is 6.20 Å². The van der Waals surface area contributed by atoms with Crippen molar-refractivity contribution in [3.63, 3.8) is 0 Å². The van der Waals surface area contributed by atoms with E-state index in [1.165, 1.54) is 11.1 Å². The Bertz CT molecular complexity index is 447. The number of aryl methyl sites for hydroxylation is 3. The number of hydrogen-bond donors (Lipinski definition) is 1. The molecule has 0 saturated carbocycles. The van der Waals surface area contributed by atoms with Gasteiger partial charge in [-0.2, -0.15) is 0 Å². The number of pyridine rings is 1. The Morgan fingerprint density at radius 2 is 2.27 bits per heavy atom. The third-order valence-electron chi connectivity index (χ3n) is 2.51. The largest absolute Gasteiger partial charge is 0.369 e. The van der Waals surface area contributed by atoms with Gasteiger partial charge in [0.05, 0.1) is 0 Å². The topological polar surface area (TPSA) is 56.7 Å². The van der Waals surface area contributed by atoms with Gasteiger partial charge in [-0.1, -0.05) is 0 Å². The van der Waals surface area contributed by atoms with Gasteiger partial charge >= 0.3 is 0 Å². The Balaban J connectivity index is 2.06. The summed E-state index contributed by atoms with van der Waals surface area (Å²) in [5, 5.41) is 0. The molecular weight excluding hydrogens is 188 g/mol. The first kappa shape index (κ1) is 9.71. The summed E-state index contributed by atoms with van der Waals surface area (Å²) in [7, 11) is 0. The molecule has 0 unspecified atom stereocenters. The van der Waals surface area contributed by atoms with Crippen molar-refractivity contribution in [3.05, 3.63) is 42.0 Å². The number of hydrogen-bond acceptors (Lipinski definition) is 3. The van der Waals surface area contributed by atoms with Crippen LogP contribution in [-0.2, 0) is 13.0 Å². The van der Waals surface area contributed by atoms with E-state index in [2.05, 4.69) is 16.9 Å². The van der Waals surface area contributed by atoms with Crippen molar-refractivity contribution in [3.8, 4) is 0 Å². The fourth-order valence-corrected chi connectivity index (χ4v) is 1.55. The fourth-order valence-electron chi connectivity index (χ4n) is 1.55. The highest BCUT2D eigenvalue weighted by atomic mass is 15.1. The molecule has 0 amide bonds.